The van der Waals surface area contributed by atoms with Crippen LogP contribution in [-0.2, 0) is 0 Å². The summed E-state index contributed by atoms with van der Waals surface area (Å²) < 4.78 is 4.86. The Labute approximate surface area is 102 Å². The number of hydrazone groups is 2. The number of nitro groups is 1. The third kappa shape index (κ3) is 3.96. The lowest BCUT2D eigenvalue weighted by Gasteiger charge is -2.02. The number of nitrogens with zero attached hydrogens (tertiary/aromatic N) is 3. The molecular weight excluding hydrogens is 242 g/mol. The minimum atomic E-state index is -0.947. The molecule has 9 nitrogen and oxygen atoms in total. The minimum Gasteiger partial charge on any atom is -0.504 e. The quantitative estimate of drug-likeness (QED) is 0.295. The normalized spacial score (nSPS) is 11.5. The van der Waals surface area contributed by atoms with Gasteiger partial charge in [0.25, 0.3) is 5.96 Å². The van der Waals surface area contributed by atoms with Crippen molar-refractivity contribution in [3.63, 3.8) is 0 Å². The molecule has 0 aliphatic rings. The first kappa shape index (κ1) is 13.2. The third-order valence-corrected chi connectivity index (χ3v) is 1.79. The van der Waals surface area contributed by atoms with E-state index in [0.717, 1.165) is 0 Å². The van der Waals surface area contributed by atoms with Crippen LogP contribution in [-0.4, -0.2) is 29.4 Å². The van der Waals surface area contributed by atoms with E-state index in [-0.39, 0.29) is 5.75 Å². The molecule has 18 heavy (non-hydrogen) atoms. The molecule has 0 bridgehead atoms. The van der Waals surface area contributed by atoms with Crippen LogP contribution < -0.4 is 15.9 Å². The zero-order valence-corrected chi connectivity index (χ0v) is 9.40. The van der Waals surface area contributed by atoms with Crippen molar-refractivity contribution in [3.05, 3.63) is 33.9 Å². The number of hydrogen-bond acceptors (Lipinski definition) is 5. The number of hydrogen-bond donors (Lipinski definition) is 3. The fourth-order valence-corrected chi connectivity index (χ4v) is 1.07. The van der Waals surface area contributed by atoms with Crippen LogP contribution in [0, 0.1) is 10.1 Å². The Morgan fingerprint density at radius 3 is 2.94 bits per heavy atom. The van der Waals surface area contributed by atoms with Crippen molar-refractivity contribution >= 4 is 12.2 Å². The molecule has 0 aliphatic carbocycles. The van der Waals surface area contributed by atoms with E-state index in [1.54, 1.807) is 12.1 Å². The van der Waals surface area contributed by atoms with Gasteiger partial charge in [0.15, 0.2) is 16.5 Å². The lowest BCUT2D eigenvalue weighted by atomic mass is 10.2. The summed E-state index contributed by atoms with van der Waals surface area (Å²) in [6.07, 6.45) is 1.31. The second-order valence-electron chi connectivity index (χ2n) is 3.02. The number of phenols is 1. The molecule has 96 valence electrons. The Kier molecular flexibility index (Phi) is 4.43. The Morgan fingerprint density at radius 1 is 1.67 bits per heavy atom. The molecular formula is C9H11N5O4. The SMILES string of the molecule is COc1ccc(/C=N\N/C(N)=N/[N+](=O)[O-])cc1O. The van der Waals surface area contributed by atoms with Gasteiger partial charge in [-0.1, -0.05) is 0 Å². The van der Waals surface area contributed by atoms with Gasteiger partial charge in [-0.05, 0) is 23.8 Å². The molecule has 0 heterocycles. The number of rotatable bonds is 4. The standard InChI is InChI=1S/C9H11N5O4/c1-18-8-3-2-6(4-7(8)15)5-11-12-9(10)13-14(16)17/h2-5,15H,1H3,(H3,10,12,13)/b11-5-. The van der Waals surface area contributed by atoms with Crippen LogP contribution in [0.2, 0.25) is 0 Å². The van der Waals surface area contributed by atoms with Gasteiger partial charge >= 0.3 is 0 Å². The van der Waals surface area contributed by atoms with E-state index in [1.807, 2.05) is 0 Å². The van der Waals surface area contributed by atoms with Gasteiger partial charge in [0.1, 0.15) is 5.10 Å². The number of nitrogens with two attached hydrogens (primary N) is 1. The number of methoxy groups -OCH3 is 1. The summed E-state index contributed by atoms with van der Waals surface area (Å²) in [5.41, 5.74) is 7.83. The number of guanidine groups is 1. The summed E-state index contributed by atoms with van der Waals surface area (Å²) in [6.45, 7) is 0. The number of nitrogens with one attached hydrogen (secondary N) is 1. The highest BCUT2D eigenvalue weighted by Gasteiger charge is 2.00. The highest BCUT2D eigenvalue weighted by molar-refractivity contribution is 5.83. The molecule has 0 radical (unpaired) electrons. The van der Waals surface area contributed by atoms with Gasteiger partial charge < -0.3 is 15.6 Å². The molecule has 0 spiro atoms. The highest BCUT2D eigenvalue weighted by Crippen LogP contribution is 2.25. The largest absolute Gasteiger partial charge is 0.504 e. The molecule has 1 aromatic rings. The van der Waals surface area contributed by atoms with E-state index in [9.17, 15) is 15.2 Å². The topological polar surface area (TPSA) is 135 Å². The second kappa shape index (κ2) is 6.03. The molecule has 1 rings (SSSR count). The van der Waals surface area contributed by atoms with Crippen molar-refractivity contribution in [3.8, 4) is 11.5 Å². The van der Waals surface area contributed by atoms with Crippen LogP contribution in [0.3, 0.4) is 0 Å². The first-order chi connectivity index (χ1) is 8.52. The first-order valence-corrected chi connectivity index (χ1v) is 4.67. The molecule has 9 heteroatoms. The summed E-state index contributed by atoms with van der Waals surface area (Å²) in [7, 11) is 1.43. The van der Waals surface area contributed by atoms with Crippen LogP contribution in [0.15, 0.2) is 28.4 Å². The lowest BCUT2D eigenvalue weighted by molar-refractivity contribution is -0.485. The van der Waals surface area contributed by atoms with E-state index in [1.165, 1.54) is 19.4 Å². The van der Waals surface area contributed by atoms with Gasteiger partial charge in [-0.2, -0.15) is 5.10 Å². The Hall–Kier alpha value is -2.84. The zero-order valence-electron chi connectivity index (χ0n) is 9.40. The molecule has 0 atom stereocenters. The van der Waals surface area contributed by atoms with Gasteiger partial charge in [-0.25, -0.2) is 15.5 Å². The van der Waals surface area contributed by atoms with Gasteiger partial charge in [-0.3, -0.25) is 0 Å². The predicted molar refractivity (Wildman–Crippen MR) is 64.0 cm³/mol. The number of ether oxygens (including phenoxy) is 1. The van der Waals surface area contributed by atoms with Crippen LogP contribution in [0.4, 0.5) is 0 Å². The van der Waals surface area contributed by atoms with Crippen molar-refractivity contribution in [2.45, 2.75) is 0 Å². The van der Waals surface area contributed by atoms with Crippen LogP contribution in [0.5, 0.6) is 11.5 Å². The number of phenolic OH excluding ortho intramolecular Hbond substituents is 1. The molecule has 0 aromatic heterocycles. The van der Waals surface area contributed by atoms with Crippen molar-refractivity contribution in [1.82, 2.24) is 5.43 Å². The van der Waals surface area contributed by atoms with Crippen LogP contribution in [0.25, 0.3) is 0 Å². The zero-order chi connectivity index (χ0) is 13.5. The van der Waals surface area contributed by atoms with Crippen molar-refractivity contribution in [1.29, 1.82) is 0 Å². The predicted octanol–water partition coefficient (Wildman–Crippen LogP) is -0.169. The number of benzene rings is 1. The smallest absolute Gasteiger partial charge is 0.286 e. The maximum atomic E-state index is 9.96. The van der Waals surface area contributed by atoms with Gasteiger partial charge in [0.05, 0.1) is 13.3 Å². The summed E-state index contributed by atoms with van der Waals surface area (Å²) in [4.78, 5) is 9.96. The van der Waals surface area contributed by atoms with E-state index < -0.39 is 11.0 Å². The molecule has 0 aliphatic heterocycles. The first-order valence-electron chi connectivity index (χ1n) is 4.67. The molecule has 4 N–H and O–H groups in total. The van der Waals surface area contributed by atoms with Crippen molar-refractivity contribution in [2.24, 2.45) is 15.9 Å². The van der Waals surface area contributed by atoms with E-state index in [0.29, 0.717) is 11.3 Å². The second-order valence-corrected chi connectivity index (χ2v) is 3.02. The monoisotopic (exact) mass is 253 g/mol. The van der Waals surface area contributed by atoms with Crippen molar-refractivity contribution in [2.75, 3.05) is 7.11 Å². The highest BCUT2D eigenvalue weighted by atomic mass is 16.7. The van der Waals surface area contributed by atoms with E-state index >= 15 is 0 Å². The average Bonchev–Trinajstić information content (AvgIpc) is 2.28. The van der Waals surface area contributed by atoms with Crippen LogP contribution in [0.1, 0.15) is 5.56 Å². The lowest BCUT2D eigenvalue weighted by Crippen LogP contribution is -2.28. The van der Waals surface area contributed by atoms with Crippen LogP contribution >= 0.6 is 0 Å². The molecule has 0 fully saturated rings. The van der Waals surface area contributed by atoms with E-state index in [2.05, 4.69) is 15.6 Å². The summed E-state index contributed by atoms with van der Waals surface area (Å²) in [5, 5.41) is 24.9. The third-order valence-electron chi connectivity index (χ3n) is 1.79. The molecule has 0 amide bonds. The molecule has 0 saturated heterocycles. The fourth-order valence-electron chi connectivity index (χ4n) is 1.07. The maximum Gasteiger partial charge on any atom is 0.286 e. The Bertz CT molecular complexity index is 500. The number of aromatic hydroxyl groups is 1. The summed E-state index contributed by atoms with van der Waals surface area (Å²) in [6, 6.07) is 4.58. The summed E-state index contributed by atoms with van der Waals surface area (Å²) >= 11 is 0. The molecule has 0 saturated carbocycles. The Morgan fingerprint density at radius 2 is 2.39 bits per heavy atom. The van der Waals surface area contributed by atoms with Gasteiger partial charge in [0, 0.05) is 0 Å². The maximum absolute atomic E-state index is 9.96. The average molecular weight is 253 g/mol. The fraction of sp³-hybridized carbons (Fsp3) is 0.111. The summed E-state index contributed by atoms with van der Waals surface area (Å²) in [5.74, 6) is -0.170. The molecule has 0 unspecified atom stereocenters. The van der Waals surface area contributed by atoms with Gasteiger partial charge in [0.2, 0.25) is 0 Å². The minimum absolute atomic E-state index is 0.0478. The van der Waals surface area contributed by atoms with E-state index in [4.69, 9.17) is 10.5 Å². The van der Waals surface area contributed by atoms with Crippen molar-refractivity contribution < 1.29 is 14.9 Å². The molecule has 1 aromatic carbocycles. The van der Waals surface area contributed by atoms with Gasteiger partial charge in [-0.15, -0.1) is 0 Å². The Balaban J connectivity index is 2.68.